The molecule has 0 fully saturated rings. The predicted molar refractivity (Wildman–Crippen MR) is 178 cm³/mol. The molecule has 2 aromatic rings. The summed E-state index contributed by atoms with van der Waals surface area (Å²) in [5, 5.41) is 20.1. The molecule has 0 heterocycles. The Morgan fingerprint density at radius 2 is 1.11 bits per heavy atom. The average molecular weight is 607 g/mol. The number of rotatable bonds is 22. The zero-order valence-corrected chi connectivity index (χ0v) is 27.6. The van der Waals surface area contributed by atoms with Gasteiger partial charge in [-0.25, -0.2) is 9.59 Å². The van der Waals surface area contributed by atoms with E-state index in [-0.39, 0.29) is 16.9 Å². The van der Waals surface area contributed by atoms with Gasteiger partial charge < -0.3 is 20.0 Å². The predicted octanol–water partition coefficient (Wildman–Crippen LogP) is 7.96. The maximum absolute atomic E-state index is 13.9. The van der Waals surface area contributed by atoms with Gasteiger partial charge in [0, 0.05) is 11.1 Å². The van der Waals surface area contributed by atoms with Crippen LogP contribution in [0.3, 0.4) is 0 Å². The van der Waals surface area contributed by atoms with E-state index in [1.165, 1.54) is 12.1 Å². The maximum atomic E-state index is 13.9. The van der Waals surface area contributed by atoms with Gasteiger partial charge in [-0.1, -0.05) is 59.4 Å². The summed E-state index contributed by atoms with van der Waals surface area (Å²) in [4.78, 5) is 43.4. The number of hydrogen-bond acceptors (Lipinski definition) is 5. The number of hydrogen-bond donors (Lipinski definition) is 2. The summed E-state index contributed by atoms with van der Waals surface area (Å²) in [6.45, 7) is 14.7. The van der Waals surface area contributed by atoms with Crippen LogP contribution < -0.4 is 0 Å². The monoisotopic (exact) mass is 606 g/mol. The zero-order chi connectivity index (χ0) is 32.1. The van der Waals surface area contributed by atoms with Gasteiger partial charge in [-0.15, -0.1) is 0 Å². The van der Waals surface area contributed by atoms with E-state index in [9.17, 15) is 24.6 Å². The van der Waals surface area contributed by atoms with Crippen LogP contribution in [-0.2, 0) is 12.8 Å². The van der Waals surface area contributed by atoms with Crippen molar-refractivity contribution >= 4 is 17.7 Å². The highest BCUT2D eigenvalue weighted by Crippen LogP contribution is 2.42. The minimum absolute atomic E-state index is 0.0619. The molecule has 0 saturated heterocycles. The Balaban J connectivity index is 1.99. The van der Waals surface area contributed by atoms with E-state index >= 15 is 0 Å². The van der Waals surface area contributed by atoms with Crippen molar-refractivity contribution in [1.29, 1.82) is 0 Å². The number of fused-ring (bicyclic) bond motifs is 3. The molecule has 0 aromatic heterocycles. The van der Waals surface area contributed by atoms with Gasteiger partial charge >= 0.3 is 11.9 Å². The molecular weight excluding hydrogens is 552 g/mol. The lowest BCUT2D eigenvalue weighted by molar-refractivity contribution is 0.0684. The van der Waals surface area contributed by atoms with Crippen LogP contribution in [0, 0.1) is 0 Å². The number of ketones is 1. The molecule has 2 N–H and O–H groups in total. The Labute approximate surface area is 264 Å². The molecule has 0 spiro atoms. The van der Waals surface area contributed by atoms with E-state index in [4.69, 9.17) is 0 Å². The van der Waals surface area contributed by atoms with Gasteiger partial charge in [-0.3, -0.25) is 4.79 Å². The van der Waals surface area contributed by atoms with Crippen LogP contribution in [0.4, 0.5) is 0 Å². The number of aromatic carboxylic acids is 2. The SMILES string of the molecule is CCCCN(CCCC)CCCc1cc2c(c(CCCN(CCCC)CCCC)c1C(=O)O)C(=O)c1cc(C(=O)O)ccc1-2. The van der Waals surface area contributed by atoms with Crippen LogP contribution in [0.2, 0.25) is 0 Å². The number of carbonyl (C=O) groups is 3. The van der Waals surface area contributed by atoms with Crippen molar-refractivity contribution in [2.45, 2.75) is 105 Å². The summed E-state index contributed by atoms with van der Waals surface area (Å²) in [7, 11) is 0. The van der Waals surface area contributed by atoms with Crippen LogP contribution in [0.25, 0.3) is 11.1 Å². The van der Waals surface area contributed by atoms with Crippen LogP contribution in [0.15, 0.2) is 24.3 Å². The summed E-state index contributed by atoms with van der Waals surface area (Å²) in [5.74, 6) is -2.34. The van der Waals surface area contributed by atoms with E-state index in [1.54, 1.807) is 6.07 Å². The highest BCUT2D eigenvalue weighted by molar-refractivity contribution is 6.24. The number of carbonyl (C=O) groups excluding carboxylic acids is 1. The third-order valence-electron chi connectivity index (χ3n) is 8.89. The first-order chi connectivity index (χ1) is 21.3. The van der Waals surface area contributed by atoms with Crippen molar-refractivity contribution in [3.8, 4) is 11.1 Å². The molecular formula is C37H54N2O5. The fourth-order valence-electron chi connectivity index (χ4n) is 6.39. The molecule has 0 aliphatic heterocycles. The second-order valence-electron chi connectivity index (χ2n) is 12.3. The summed E-state index contributed by atoms with van der Waals surface area (Å²) >= 11 is 0. The fraction of sp³-hybridized carbons (Fsp3) is 0.595. The first kappa shape index (κ1) is 35.4. The minimum Gasteiger partial charge on any atom is -0.478 e. The third kappa shape index (κ3) is 9.24. The lowest BCUT2D eigenvalue weighted by Gasteiger charge is -2.23. The van der Waals surface area contributed by atoms with Gasteiger partial charge in [0.1, 0.15) is 0 Å². The van der Waals surface area contributed by atoms with E-state index in [2.05, 4.69) is 37.5 Å². The summed E-state index contributed by atoms with van der Waals surface area (Å²) < 4.78 is 0. The van der Waals surface area contributed by atoms with Gasteiger partial charge in [0.05, 0.1) is 11.1 Å². The maximum Gasteiger partial charge on any atom is 0.336 e. The highest BCUT2D eigenvalue weighted by atomic mass is 16.4. The summed E-state index contributed by atoms with van der Waals surface area (Å²) in [6, 6.07) is 6.60. The normalized spacial score (nSPS) is 12.3. The summed E-state index contributed by atoms with van der Waals surface area (Å²) in [6.07, 6.45) is 11.8. The van der Waals surface area contributed by atoms with Crippen molar-refractivity contribution in [2.75, 3.05) is 39.3 Å². The van der Waals surface area contributed by atoms with Gasteiger partial charge in [0.2, 0.25) is 0 Å². The van der Waals surface area contributed by atoms with Crippen LogP contribution in [0.5, 0.6) is 0 Å². The van der Waals surface area contributed by atoms with Crippen LogP contribution in [-0.4, -0.2) is 77.0 Å². The van der Waals surface area contributed by atoms with Crippen molar-refractivity contribution in [2.24, 2.45) is 0 Å². The van der Waals surface area contributed by atoms with Crippen molar-refractivity contribution in [3.05, 3.63) is 57.6 Å². The molecule has 0 bridgehead atoms. The molecule has 0 amide bonds. The van der Waals surface area contributed by atoms with Gasteiger partial charge in [-0.2, -0.15) is 0 Å². The third-order valence-corrected chi connectivity index (χ3v) is 8.89. The first-order valence-corrected chi connectivity index (χ1v) is 17.1. The Kier molecular flexibility index (Phi) is 14.6. The van der Waals surface area contributed by atoms with Gasteiger partial charge in [-0.05, 0) is 131 Å². The van der Waals surface area contributed by atoms with Crippen molar-refractivity contribution in [3.63, 3.8) is 0 Å². The van der Waals surface area contributed by atoms with E-state index in [0.29, 0.717) is 35.1 Å². The molecule has 44 heavy (non-hydrogen) atoms. The number of carboxylic acids is 2. The molecule has 2 aromatic carbocycles. The average Bonchev–Trinajstić information content (AvgIpc) is 3.29. The minimum atomic E-state index is -1.08. The molecule has 7 nitrogen and oxygen atoms in total. The number of benzene rings is 2. The largest absolute Gasteiger partial charge is 0.478 e. The van der Waals surface area contributed by atoms with E-state index in [0.717, 1.165) is 115 Å². The smallest absolute Gasteiger partial charge is 0.336 e. The Morgan fingerprint density at radius 3 is 1.59 bits per heavy atom. The number of nitrogens with zero attached hydrogens (tertiary/aromatic N) is 2. The number of aryl methyl sites for hydroxylation is 1. The molecule has 242 valence electrons. The molecule has 1 aliphatic rings. The molecule has 7 heteroatoms. The lowest BCUT2D eigenvalue weighted by Crippen LogP contribution is -2.28. The second kappa shape index (κ2) is 18.1. The van der Waals surface area contributed by atoms with Crippen LogP contribution >= 0.6 is 0 Å². The Bertz CT molecular complexity index is 1260. The first-order valence-electron chi connectivity index (χ1n) is 17.1. The Hall–Kier alpha value is -3.03. The topological polar surface area (TPSA) is 98.2 Å². The quantitative estimate of drug-likeness (QED) is 0.120. The van der Waals surface area contributed by atoms with Gasteiger partial charge in [0.25, 0.3) is 0 Å². The number of carboxylic acid groups (broad SMARTS) is 2. The standard InChI is InChI=1S/C37H54N2O5/c1-5-9-19-38(20-10-6-2)23-13-15-27-25-31-29-18-17-28(36(41)42)26-32(29)35(40)34(31)30(33(27)37(43)44)16-14-24-39(21-11-7-3)22-12-8-4/h17-18,25-26H,5-16,19-24H2,1-4H3,(H,41,42)(H,43,44). The van der Waals surface area contributed by atoms with E-state index < -0.39 is 11.9 Å². The fourth-order valence-corrected chi connectivity index (χ4v) is 6.39. The molecule has 0 saturated carbocycles. The molecule has 0 unspecified atom stereocenters. The lowest BCUT2D eigenvalue weighted by atomic mass is 9.87. The van der Waals surface area contributed by atoms with Crippen molar-refractivity contribution in [1.82, 2.24) is 9.80 Å². The summed E-state index contributed by atoms with van der Waals surface area (Å²) in [5.41, 5.74) is 3.97. The zero-order valence-electron chi connectivity index (χ0n) is 27.6. The van der Waals surface area contributed by atoms with Crippen molar-refractivity contribution < 1.29 is 24.6 Å². The van der Waals surface area contributed by atoms with Gasteiger partial charge in [0.15, 0.2) is 5.78 Å². The Morgan fingerprint density at radius 1 is 0.614 bits per heavy atom. The molecule has 0 atom stereocenters. The second-order valence-corrected chi connectivity index (χ2v) is 12.3. The molecule has 0 radical (unpaired) electrons. The van der Waals surface area contributed by atoms with Crippen LogP contribution in [0.1, 0.15) is 140 Å². The molecule has 1 aliphatic carbocycles. The number of unbranched alkanes of at least 4 members (excludes halogenated alkanes) is 4. The molecule has 3 rings (SSSR count). The highest BCUT2D eigenvalue weighted by Gasteiger charge is 2.34. The van der Waals surface area contributed by atoms with E-state index in [1.807, 2.05) is 6.07 Å².